The van der Waals surface area contributed by atoms with Gasteiger partial charge in [0.2, 0.25) is 5.91 Å². The van der Waals surface area contributed by atoms with E-state index in [1.165, 1.54) is 7.11 Å². The van der Waals surface area contributed by atoms with Gasteiger partial charge in [0.1, 0.15) is 97.0 Å². The monoisotopic (exact) mass is 1070 g/mol. The van der Waals surface area contributed by atoms with Crippen LogP contribution in [-0.2, 0) is 57.0 Å². The number of unbranched alkanes of at least 4 members (excludes halogenated alkanes) is 5. The zero-order valence-corrected chi connectivity index (χ0v) is 40.4. The molecule has 20 atom stereocenters. The second-order valence-corrected chi connectivity index (χ2v) is 18.3. The number of methoxy groups -OCH3 is 1. The number of rotatable bonds is 25. The lowest BCUT2D eigenvalue weighted by Gasteiger charge is -2.51. The first-order chi connectivity index (χ1) is 35.1. The van der Waals surface area contributed by atoms with E-state index in [1.54, 1.807) is 0 Å². The summed E-state index contributed by atoms with van der Waals surface area (Å²) in [5, 5.41) is 145. The number of carboxylic acids is 1. The summed E-state index contributed by atoms with van der Waals surface area (Å²) in [6, 6.07) is -0.968. The number of hydrogen-bond donors (Lipinski definition) is 15. The van der Waals surface area contributed by atoms with Gasteiger partial charge in [-0.05, 0) is 31.0 Å². The molecule has 0 radical (unpaired) electrons. The zero-order valence-electron chi connectivity index (χ0n) is 40.4. The number of halogens is 1. The second kappa shape index (κ2) is 27.9. The number of aliphatic hydroxyl groups excluding tert-OH is 11. The van der Waals surface area contributed by atoms with Crippen LogP contribution >= 0.6 is 0 Å². The largest absolute Gasteiger partial charge is 0.507 e. The highest BCUT2D eigenvalue weighted by molar-refractivity contribution is 5.97. The normalized spacial score (nSPS) is 36.3. The number of carbonyl (C=O) groups is 4. The maximum absolute atomic E-state index is 14.5. The van der Waals surface area contributed by atoms with E-state index >= 15 is 0 Å². The summed E-state index contributed by atoms with van der Waals surface area (Å²) in [6.45, 7) is -2.98. The lowest BCUT2D eigenvalue weighted by atomic mass is 9.88. The molecule has 0 bridgehead atoms. The number of amides is 2. The van der Waals surface area contributed by atoms with E-state index in [-0.39, 0.29) is 19.0 Å². The van der Waals surface area contributed by atoms with Crippen molar-refractivity contribution < 1.29 is 133 Å². The van der Waals surface area contributed by atoms with Gasteiger partial charge in [-0.15, -0.1) is 0 Å². The molecule has 4 heterocycles. The van der Waals surface area contributed by atoms with Crippen molar-refractivity contribution in [2.24, 2.45) is 0 Å². The van der Waals surface area contributed by atoms with Gasteiger partial charge in [0.05, 0.1) is 51.2 Å². The number of nitrogens with one attached hydrogen (secondary N) is 2. The third-order valence-electron chi connectivity index (χ3n) is 13.0. The van der Waals surface area contributed by atoms with Gasteiger partial charge in [-0.2, -0.15) is 0 Å². The summed E-state index contributed by atoms with van der Waals surface area (Å²) in [5.41, 5.74) is -0.624. The minimum atomic E-state index is -3.19. The van der Waals surface area contributed by atoms with Gasteiger partial charge in [0.15, 0.2) is 18.9 Å². The number of aromatic hydroxyl groups is 1. The Hall–Kier alpha value is -3.93. The van der Waals surface area contributed by atoms with Crippen LogP contribution in [0.3, 0.4) is 0 Å². The highest BCUT2D eigenvalue weighted by Gasteiger charge is 2.61. The average Bonchev–Trinajstić information content (AvgIpc) is 3.37. The maximum Gasteiger partial charge on any atom is 0.364 e. The number of hydrogen-bond acceptors (Lipinski definition) is 25. The molecule has 422 valence electrons. The van der Waals surface area contributed by atoms with Crippen molar-refractivity contribution in [2.45, 2.75) is 180 Å². The van der Waals surface area contributed by atoms with Crippen LogP contribution in [0.4, 0.5) is 4.39 Å². The first-order valence-electron chi connectivity index (χ1n) is 24.0. The van der Waals surface area contributed by atoms with Crippen molar-refractivity contribution in [1.82, 2.24) is 10.6 Å². The number of carboxylic acid groups (broad SMARTS) is 1. The standard InChI is InChI=1S/C45H69FN2O26/c1-19(52)47-29-23(54)14-45(44(64)65,73-37(29)32(59)24(55)15-49)74-39-33(60)26(16-50)69-43(35(39)62)71-36-27(17-51)70-41(67-12-8-6-4-3-5-7-9-28(57)66-2)30(48-40(63)21-13-20(46)10-11-22(21)53)38(36)72-42-34(61)31(58)25(56)18-68-42/h10-11,13,23-27,29-39,41-43,49-51,53-56,58-62H,3-9,12,14-18H2,1-2H3,(H,47,52)(H,48,63)(H,64,65)/t23?,24?,25-,26?,27?,29+,30?,31?,32?,33+,34?,35?,36-,37?,38?,39?,41+,42-,43?,45-/m0/s1. The van der Waals surface area contributed by atoms with Crippen LogP contribution in [0.1, 0.15) is 68.6 Å². The highest BCUT2D eigenvalue weighted by atomic mass is 19.1. The molecule has 2 amide bonds. The van der Waals surface area contributed by atoms with Crippen LogP contribution in [0.5, 0.6) is 5.75 Å². The molecule has 28 nitrogen and oxygen atoms in total. The van der Waals surface area contributed by atoms with Crippen molar-refractivity contribution >= 4 is 23.8 Å². The van der Waals surface area contributed by atoms with E-state index in [1.807, 2.05) is 0 Å². The van der Waals surface area contributed by atoms with E-state index in [0.29, 0.717) is 31.7 Å². The number of ether oxygens (including phenoxy) is 9. The Bertz CT molecular complexity index is 1980. The maximum atomic E-state index is 14.5. The fraction of sp³-hybridized carbons (Fsp3) is 0.778. The Balaban J connectivity index is 1.51. The van der Waals surface area contributed by atoms with Gasteiger partial charge in [0.25, 0.3) is 11.7 Å². The number of esters is 1. The van der Waals surface area contributed by atoms with Crippen LogP contribution < -0.4 is 10.6 Å². The SMILES string of the molecule is COC(=O)CCCCCCCCO[C@@H]1OC(CO)[C@H](OC2OC(CO)[C@@H](O)C(O[C@]3(C(=O)O)CC(O)[C@@H](NC(C)=O)C(C(O)C(O)CO)O3)C2O)C(O[C@@H]2OC[C@H](O)C(O)C2O)C1NC(=O)c1cc(F)ccc1O. The fourth-order valence-corrected chi connectivity index (χ4v) is 8.95. The molecule has 1 aromatic carbocycles. The molecule has 0 spiro atoms. The Kier molecular flexibility index (Phi) is 23.0. The van der Waals surface area contributed by atoms with Gasteiger partial charge in [0, 0.05) is 26.4 Å². The summed E-state index contributed by atoms with van der Waals surface area (Å²) in [5.74, 6) is -9.24. The van der Waals surface area contributed by atoms with E-state index < -0.39 is 190 Å². The smallest absolute Gasteiger partial charge is 0.364 e. The third-order valence-corrected chi connectivity index (χ3v) is 13.0. The predicted octanol–water partition coefficient (Wildman–Crippen LogP) is -5.55. The van der Waals surface area contributed by atoms with E-state index in [0.717, 1.165) is 31.9 Å². The number of carbonyl (C=O) groups excluding carboxylic acids is 3. The Labute approximate surface area is 422 Å². The molecule has 5 rings (SSSR count). The van der Waals surface area contributed by atoms with Crippen LogP contribution in [0.2, 0.25) is 0 Å². The van der Waals surface area contributed by atoms with Crippen molar-refractivity contribution in [2.75, 3.05) is 40.1 Å². The molecule has 0 saturated carbocycles. The third kappa shape index (κ3) is 15.0. The van der Waals surface area contributed by atoms with Gasteiger partial charge in [-0.3, -0.25) is 14.4 Å². The number of aliphatic carboxylic acids is 1. The van der Waals surface area contributed by atoms with Crippen LogP contribution in [0.15, 0.2) is 18.2 Å². The van der Waals surface area contributed by atoms with Gasteiger partial charge < -0.3 is 120 Å². The predicted molar refractivity (Wildman–Crippen MR) is 238 cm³/mol. The Morgan fingerprint density at radius 3 is 2.07 bits per heavy atom. The van der Waals surface area contributed by atoms with E-state index in [4.69, 9.17) is 37.9 Å². The van der Waals surface area contributed by atoms with Crippen LogP contribution in [0.25, 0.3) is 0 Å². The fourth-order valence-electron chi connectivity index (χ4n) is 8.95. The first-order valence-corrected chi connectivity index (χ1v) is 24.0. The minimum Gasteiger partial charge on any atom is -0.507 e. The topological polar surface area (TPSA) is 438 Å². The molecule has 74 heavy (non-hydrogen) atoms. The molecular formula is C45H69FN2O26. The van der Waals surface area contributed by atoms with Crippen LogP contribution in [0, 0.1) is 5.82 Å². The van der Waals surface area contributed by atoms with Gasteiger partial charge in [-0.1, -0.05) is 25.7 Å². The molecule has 4 fully saturated rings. The molecule has 13 unspecified atom stereocenters. The Morgan fingerprint density at radius 1 is 0.784 bits per heavy atom. The minimum absolute atomic E-state index is 0.0989. The molecule has 4 aliphatic rings. The summed E-state index contributed by atoms with van der Waals surface area (Å²) < 4.78 is 66.6. The summed E-state index contributed by atoms with van der Waals surface area (Å²) in [4.78, 5) is 50.7. The van der Waals surface area contributed by atoms with Crippen LogP contribution in [-0.4, -0.2) is 252 Å². The van der Waals surface area contributed by atoms with Gasteiger partial charge >= 0.3 is 11.9 Å². The summed E-state index contributed by atoms with van der Waals surface area (Å²) >= 11 is 0. The number of benzene rings is 1. The average molecular weight is 1070 g/mol. The number of phenols is 1. The summed E-state index contributed by atoms with van der Waals surface area (Å²) in [6.07, 6.45) is -31.1. The van der Waals surface area contributed by atoms with E-state index in [2.05, 4.69) is 15.4 Å². The zero-order chi connectivity index (χ0) is 54.6. The molecule has 4 saturated heterocycles. The van der Waals surface area contributed by atoms with E-state index in [9.17, 15) is 90.0 Å². The first kappa shape index (κ1) is 60.9. The molecular weight excluding hydrogens is 1000 g/mol. The molecule has 29 heteroatoms. The lowest BCUT2D eigenvalue weighted by Crippen LogP contribution is -2.71. The molecule has 4 aliphatic heterocycles. The quantitative estimate of drug-likeness (QED) is 0.0321. The lowest BCUT2D eigenvalue weighted by molar-refractivity contribution is -0.389. The highest BCUT2D eigenvalue weighted by Crippen LogP contribution is 2.39. The van der Waals surface area contributed by atoms with Crippen molar-refractivity contribution in [3.05, 3.63) is 29.6 Å². The summed E-state index contributed by atoms with van der Waals surface area (Å²) in [7, 11) is 1.29. The van der Waals surface area contributed by atoms with Crippen molar-refractivity contribution in [3.63, 3.8) is 0 Å². The second-order valence-electron chi connectivity index (χ2n) is 18.3. The molecule has 15 N–H and O–H groups in total. The number of phenolic OH excluding ortho intramolecular Hbond substituents is 1. The van der Waals surface area contributed by atoms with Crippen molar-refractivity contribution in [3.8, 4) is 5.75 Å². The van der Waals surface area contributed by atoms with Gasteiger partial charge in [-0.25, -0.2) is 9.18 Å². The molecule has 0 aromatic heterocycles. The molecule has 1 aromatic rings. The Morgan fingerprint density at radius 2 is 1.43 bits per heavy atom. The number of aliphatic hydroxyl groups is 11. The van der Waals surface area contributed by atoms with Crippen molar-refractivity contribution in [1.29, 1.82) is 0 Å². The molecule has 0 aliphatic carbocycles.